The Kier molecular flexibility index (Phi) is 9.06. The number of amides is 2. The Hall–Kier alpha value is -1.97. The predicted octanol–water partition coefficient (Wildman–Crippen LogP) is 1.88. The number of ether oxygens (including phenoxy) is 1. The Morgan fingerprint density at radius 2 is 1.76 bits per heavy atom. The quantitative estimate of drug-likeness (QED) is 0.495. The number of methoxy groups -OCH3 is 1. The lowest BCUT2D eigenvalue weighted by Gasteiger charge is -2.27. The minimum Gasteiger partial charge on any atom is -0.385 e. The lowest BCUT2D eigenvalue weighted by Crippen LogP contribution is -2.36. The van der Waals surface area contributed by atoms with Gasteiger partial charge in [-0.05, 0) is 62.3 Å². The molecule has 1 fully saturated rings. The molecule has 8 nitrogen and oxygen atoms in total. The van der Waals surface area contributed by atoms with Gasteiger partial charge in [-0.25, -0.2) is 13.1 Å². The monoisotopic (exact) mass is 425 g/mol. The van der Waals surface area contributed by atoms with E-state index in [0.717, 1.165) is 32.1 Å². The van der Waals surface area contributed by atoms with Gasteiger partial charge < -0.3 is 15.4 Å². The molecule has 162 valence electrons. The van der Waals surface area contributed by atoms with Crippen molar-refractivity contribution in [2.45, 2.75) is 43.9 Å². The Morgan fingerprint density at radius 1 is 1.10 bits per heavy atom. The zero-order valence-corrected chi connectivity index (χ0v) is 17.9. The molecule has 2 rings (SSSR count). The van der Waals surface area contributed by atoms with E-state index in [1.165, 1.54) is 19.1 Å². The van der Waals surface area contributed by atoms with Crippen molar-refractivity contribution >= 4 is 27.5 Å². The second-order valence-corrected chi connectivity index (χ2v) is 9.18. The van der Waals surface area contributed by atoms with Crippen LogP contribution in [0.4, 0.5) is 5.69 Å². The maximum atomic E-state index is 12.5. The molecule has 0 aliphatic heterocycles. The standard InChI is InChI=1S/C20H31N3O5S/c1-15(24)23-18-8-10-19(11-9-18)29(26,27)22-14-16-4-6-17(7-5-16)20(25)21-12-3-13-28-2/h8-11,16-17,22H,3-7,12-14H2,1-2H3,(H,21,25)(H,23,24). The highest BCUT2D eigenvalue weighted by molar-refractivity contribution is 7.89. The largest absolute Gasteiger partial charge is 0.385 e. The fourth-order valence-corrected chi connectivity index (χ4v) is 4.55. The zero-order valence-electron chi connectivity index (χ0n) is 17.1. The number of rotatable bonds is 10. The van der Waals surface area contributed by atoms with Crippen LogP contribution in [0, 0.1) is 11.8 Å². The topological polar surface area (TPSA) is 114 Å². The summed E-state index contributed by atoms with van der Waals surface area (Å²) in [6.45, 7) is 3.00. The molecule has 1 aliphatic carbocycles. The number of carbonyl (C=O) groups is 2. The Morgan fingerprint density at radius 3 is 2.34 bits per heavy atom. The number of carbonyl (C=O) groups excluding carboxylic acids is 2. The smallest absolute Gasteiger partial charge is 0.240 e. The van der Waals surface area contributed by atoms with E-state index in [4.69, 9.17) is 4.74 Å². The van der Waals surface area contributed by atoms with Gasteiger partial charge in [0.2, 0.25) is 21.8 Å². The van der Waals surface area contributed by atoms with Crippen LogP contribution in [-0.4, -0.2) is 47.0 Å². The number of anilines is 1. The van der Waals surface area contributed by atoms with Crippen LogP contribution in [0.2, 0.25) is 0 Å². The van der Waals surface area contributed by atoms with Crippen LogP contribution in [0.1, 0.15) is 39.0 Å². The summed E-state index contributed by atoms with van der Waals surface area (Å²) in [5, 5.41) is 5.55. The first-order valence-electron chi connectivity index (χ1n) is 9.96. The average Bonchev–Trinajstić information content (AvgIpc) is 2.70. The molecule has 0 radical (unpaired) electrons. The van der Waals surface area contributed by atoms with Crippen molar-refractivity contribution in [3.63, 3.8) is 0 Å². The molecule has 3 N–H and O–H groups in total. The van der Waals surface area contributed by atoms with Crippen LogP contribution < -0.4 is 15.4 Å². The molecule has 1 aromatic rings. The molecule has 2 amide bonds. The zero-order chi connectivity index (χ0) is 21.3. The van der Waals surface area contributed by atoms with E-state index >= 15 is 0 Å². The molecule has 9 heteroatoms. The SMILES string of the molecule is COCCCNC(=O)C1CCC(CNS(=O)(=O)c2ccc(NC(C)=O)cc2)CC1. The number of sulfonamides is 1. The van der Waals surface area contributed by atoms with Crippen molar-refractivity contribution < 1.29 is 22.7 Å². The predicted molar refractivity (Wildman–Crippen MR) is 111 cm³/mol. The van der Waals surface area contributed by atoms with E-state index in [9.17, 15) is 18.0 Å². The third kappa shape index (κ3) is 7.75. The van der Waals surface area contributed by atoms with Gasteiger partial charge in [0.1, 0.15) is 0 Å². The molecule has 29 heavy (non-hydrogen) atoms. The van der Waals surface area contributed by atoms with E-state index in [1.807, 2.05) is 0 Å². The second kappa shape index (κ2) is 11.3. The van der Waals surface area contributed by atoms with E-state index in [2.05, 4.69) is 15.4 Å². The van der Waals surface area contributed by atoms with Gasteiger partial charge in [-0.15, -0.1) is 0 Å². The van der Waals surface area contributed by atoms with Crippen molar-refractivity contribution in [2.75, 3.05) is 32.1 Å². The van der Waals surface area contributed by atoms with Gasteiger partial charge in [0.25, 0.3) is 0 Å². The lowest BCUT2D eigenvalue weighted by atomic mass is 9.81. The Labute approximate surface area is 172 Å². The molecule has 0 unspecified atom stereocenters. The fourth-order valence-electron chi connectivity index (χ4n) is 3.43. The number of nitrogens with one attached hydrogen (secondary N) is 3. The van der Waals surface area contributed by atoms with Crippen molar-refractivity contribution in [1.82, 2.24) is 10.0 Å². The third-order valence-corrected chi connectivity index (χ3v) is 6.53. The van der Waals surface area contributed by atoms with E-state index in [0.29, 0.717) is 25.4 Å². The first kappa shape index (κ1) is 23.3. The van der Waals surface area contributed by atoms with Crippen molar-refractivity contribution in [3.05, 3.63) is 24.3 Å². The van der Waals surface area contributed by atoms with Crippen LogP contribution in [0.15, 0.2) is 29.2 Å². The fraction of sp³-hybridized carbons (Fsp3) is 0.600. The molecule has 1 saturated carbocycles. The van der Waals surface area contributed by atoms with Crippen LogP contribution in [0.25, 0.3) is 0 Å². The lowest BCUT2D eigenvalue weighted by molar-refractivity contribution is -0.126. The van der Waals surface area contributed by atoms with E-state index in [1.54, 1.807) is 19.2 Å². The van der Waals surface area contributed by atoms with Gasteiger partial charge >= 0.3 is 0 Å². The summed E-state index contributed by atoms with van der Waals surface area (Å²) < 4.78 is 32.6. The summed E-state index contributed by atoms with van der Waals surface area (Å²) in [6, 6.07) is 6.07. The highest BCUT2D eigenvalue weighted by Crippen LogP contribution is 2.29. The summed E-state index contributed by atoms with van der Waals surface area (Å²) in [5.41, 5.74) is 0.551. The maximum absolute atomic E-state index is 12.5. The van der Waals surface area contributed by atoms with Gasteiger partial charge in [0.05, 0.1) is 4.90 Å². The van der Waals surface area contributed by atoms with Crippen LogP contribution in [0.3, 0.4) is 0 Å². The molecule has 0 aromatic heterocycles. The van der Waals surface area contributed by atoms with Gasteiger partial charge in [0.15, 0.2) is 0 Å². The summed E-state index contributed by atoms with van der Waals surface area (Å²) >= 11 is 0. The van der Waals surface area contributed by atoms with Crippen molar-refractivity contribution in [1.29, 1.82) is 0 Å². The first-order chi connectivity index (χ1) is 13.8. The molecule has 0 spiro atoms. The maximum Gasteiger partial charge on any atom is 0.240 e. The molecular formula is C20H31N3O5S. The minimum atomic E-state index is -3.61. The molecular weight excluding hydrogens is 394 g/mol. The summed E-state index contributed by atoms with van der Waals surface area (Å²) in [6.07, 6.45) is 3.98. The van der Waals surface area contributed by atoms with Crippen molar-refractivity contribution in [3.8, 4) is 0 Å². The Bertz CT molecular complexity index is 772. The highest BCUT2D eigenvalue weighted by Gasteiger charge is 2.27. The summed E-state index contributed by atoms with van der Waals surface area (Å²) in [7, 11) is -1.97. The molecule has 0 heterocycles. The number of hydrogen-bond donors (Lipinski definition) is 3. The van der Waals surface area contributed by atoms with Gasteiger partial charge in [-0.1, -0.05) is 0 Å². The Balaban J connectivity index is 1.76. The highest BCUT2D eigenvalue weighted by atomic mass is 32.2. The van der Waals surface area contributed by atoms with Gasteiger partial charge in [-0.3, -0.25) is 9.59 Å². The first-order valence-corrected chi connectivity index (χ1v) is 11.4. The average molecular weight is 426 g/mol. The van der Waals surface area contributed by atoms with Crippen LogP contribution in [-0.2, 0) is 24.3 Å². The second-order valence-electron chi connectivity index (χ2n) is 7.41. The van der Waals surface area contributed by atoms with E-state index < -0.39 is 10.0 Å². The van der Waals surface area contributed by atoms with Crippen LogP contribution >= 0.6 is 0 Å². The minimum absolute atomic E-state index is 0.00622. The normalized spacial score (nSPS) is 19.5. The third-order valence-electron chi connectivity index (χ3n) is 5.09. The molecule has 0 atom stereocenters. The van der Waals surface area contributed by atoms with Crippen LogP contribution in [0.5, 0.6) is 0 Å². The van der Waals surface area contributed by atoms with Crippen molar-refractivity contribution in [2.24, 2.45) is 11.8 Å². The summed E-state index contributed by atoms with van der Waals surface area (Å²) in [4.78, 5) is 23.4. The molecule has 1 aliphatic rings. The molecule has 0 bridgehead atoms. The molecule has 1 aromatic carbocycles. The number of hydrogen-bond acceptors (Lipinski definition) is 5. The summed E-state index contributed by atoms with van der Waals surface area (Å²) in [5.74, 6) is 0.102. The van der Waals surface area contributed by atoms with E-state index in [-0.39, 0.29) is 28.5 Å². The number of benzene rings is 1. The van der Waals surface area contributed by atoms with Gasteiger partial charge in [-0.2, -0.15) is 0 Å². The van der Waals surface area contributed by atoms with Gasteiger partial charge in [0, 0.05) is 45.3 Å². The molecule has 0 saturated heterocycles.